The molecule has 7 heteroatoms. The number of nitro groups is 1. The number of amides is 1. The van der Waals surface area contributed by atoms with Crippen LogP contribution in [0.25, 0.3) is 0 Å². The number of aryl methyl sites for hydroxylation is 1. The third-order valence-corrected chi connectivity index (χ3v) is 5.69. The van der Waals surface area contributed by atoms with Gasteiger partial charge in [0.15, 0.2) is 0 Å². The minimum Gasteiger partial charge on any atom is -0.377 e. The Labute approximate surface area is 170 Å². The van der Waals surface area contributed by atoms with Crippen molar-refractivity contribution >= 4 is 17.3 Å². The van der Waals surface area contributed by atoms with Gasteiger partial charge < -0.3 is 10.2 Å². The smallest absolute Gasteiger partial charge is 0.293 e. The molecule has 1 heterocycles. The largest absolute Gasteiger partial charge is 0.377 e. The lowest BCUT2D eigenvalue weighted by Crippen LogP contribution is -2.48. The summed E-state index contributed by atoms with van der Waals surface area (Å²) < 4.78 is 0. The number of piperazine rings is 1. The molecule has 1 saturated heterocycles. The van der Waals surface area contributed by atoms with Crippen LogP contribution < -0.4 is 5.32 Å². The zero-order chi connectivity index (χ0) is 20.4. The Morgan fingerprint density at radius 2 is 1.86 bits per heavy atom. The van der Waals surface area contributed by atoms with Crippen molar-refractivity contribution in [2.75, 3.05) is 31.5 Å². The molecular formula is C22H26N4O3. The first-order chi connectivity index (χ1) is 14.0. The minimum absolute atomic E-state index is 0.0269. The summed E-state index contributed by atoms with van der Waals surface area (Å²) in [4.78, 5) is 28.1. The Balaban J connectivity index is 1.39. The van der Waals surface area contributed by atoms with E-state index in [2.05, 4.69) is 35.3 Å². The molecule has 1 aliphatic heterocycles. The molecule has 29 heavy (non-hydrogen) atoms. The summed E-state index contributed by atoms with van der Waals surface area (Å²) in [6, 6.07) is 13.4. The Bertz CT molecular complexity index is 918. The first kappa shape index (κ1) is 19.4. The normalized spacial score (nSPS) is 17.2. The van der Waals surface area contributed by atoms with Gasteiger partial charge in [-0.15, -0.1) is 0 Å². The van der Waals surface area contributed by atoms with E-state index in [-0.39, 0.29) is 11.6 Å². The number of rotatable bonds is 6. The van der Waals surface area contributed by atoms with Crippen molar-refractivity contribution in [3.63, 3.8) is 0 Å². The molecule has 1 N–H and O–H groups in total. The summed E-state index contributed by atoms with van der Waals surface area (Å²) in [5, 5.41) is 14.6. The topological polar surface area (TPSA) is 78.7 Å². The van der Waals surface area contributed by atoms with Crippen molar-refractivity contribution in [3.05, 3.63) is 69.3 Å². The van der Waals surface area contributed by atoms with Gasteiger partial charge in [0.2, 0.25) is 0 Å². The second-order valence-corrected chi connectivity index (χ2v) is 7.90. The molecule has 7 nitrogen and oxygen atoms in total. The highest BCUT2D eigenvalue weighted by Gasteiger charge is 2.27. The number of benzene rings is 2. The van der Waals surface area contributed by atoms with Gasteiger partial charge in [0.25, 0.3) is 11.6 Å². The molecule has 0 spiro atoms. The number of hydrogen-bond acceptors (Lipinski definition) is 5. The van der Waals surface area contributed by atoms with Crippen molar-refractivity contribution in [3.8, 4) is 0 Å². The molecule has 1 amide bonds. The summed E-state index contributed by atoms with van der Waals surface area (Å²) in [6.45, 7) is 5.83. The summed E-state index contributed by atoms with van der Waals surface area (Å²) in [5.74, 6) is -0.137. The summed E-state index contributed by atoms with van der Waals surface area (Å²) in [6.07, 6.45) is 2.06. The predicted octanol–water partition coefficient (Wildman–Crippen LogP) is 3.44. The second kappa shape index (κ2) is 8.21. The van der Waals surface area contributed by atoms with E-state index in [9.17, 15) is 14.9 Å². The van der Waals surface area contributed by atoms with E-state index in [0.717, 1.165) is 32.5 Å². The van der Waals surface area contributed by atoms with Crippen LogP contribution in [-0.2, 0) is 6.54 Å². The van der Waals surface area contributed by atoms with Crippen molar-refractivity contribution < 1.29 is 9.72 Å². The molecule has 0 unspecified atom stereocenters. The summed E-state index contributed by atoms with van der Waals surface area (Å²) >= 11 is 0. The molecule has 0 atom stereocenters. The fraction of sp³-hybridized carbons (Fsp3) is 0.409. The second-order valence-electron chi connectivity index (χ2n) is 7.90. The molecule has 1 aliphatic carbocycles. The van der Waals surface area contributed by atoms with Crippen LogP contribution in [0, 0.1) is 17.0 Å². The molecule has 0 bridgehead atoms. The van der Waals surface area contributed by atoms with Gasteiger partial charge in [-0.05, 0) is 43.0 Å². The van der Waals surface area contributed by atoms with E-state index in [1.54, 1.807) is 17.0 Å². The van der Waals surface area contributed by atoms with Crippen molar-refractivity contribution in [1.82, 2.24) is 9.80 Å². The highest BCUT2D eigenvalue weighted by Crippen LogP contribution is 2.32. The van der Waals surface area contributed by atoms with Crippen LogP contribution in [-0.4, -0.2) is 52.9 Å². The Hall–Kier alpha value is -2.93. The number of nitrogens with one attached hydrogen (secondary N) is 1. The summed E-state index contributed by atoms with van der Waals surface area (Å²) in [7, 11) is 0. The number of nitrogens with zero attached hydrogens (tertiary/aromatic N) is 3. The number of carbonyl (C=O) groups is 1. The van der Waals surface area contributed by atoms with Crippen molar-refractivity contribution in [2.24, 2.45) is 0 Å². The molecular weight excluding hydrogens is 368 g/mol. The molecule has 1 saturated carbocycles. The Morgan fingerprint density at radius 3 is 2.52 bits per heavy atom. The third-order valence-electron chi connectivity index (χ3n) is 5.69. The third kappa shape index (κ3) is 4.56. The van der Waals surface area contributed by atoms with Crippen LogP contribution in [0.15, 0.2) is 42.5 Å². The first-order valence-corrected chi connectivity index (χ1v) is 10.1. The number of nitro benzene ring substituents is 1. The van der Waals surface area contributed by atoms with Gasteiger partial charge in [0.1, 0.15) is 5.69 Å². The van der Waals surface area contributed by atoms with E-state index in [1.165, 1.54) is 17.2 Å². The van der Waals surface area contributed by atoms with Crippen LogP contribution in [0.2, 0.25) is 0 Å². The van der Waals surface area contributed by atoms with E-state index >= 15 is 0 Å². The Kier molecular flexibility index (Phi) is 5.49. The van der Waals surface area contributed by atoms with Crippen LogP contribution in [0.5, 0.6) is 0 Å². The zero-order valence-electron chi connectivity index (χ0n) is 16.6. The molecule has 152 valence electrons. The molecule has 0 radical (unpaired) electrons. The first-order valence-electron chi connectivity index (χ1n) is 10.1. The predicted molar refractivity (Wildman–Crippen MR) is 112 cm³/mol. The van der Waals surface area contributed by atoms with Crippen LogP contribution >= 0.6 is 0 Å². The van der Waals surface area contributed by atoms with Crippen LogP contribution in [0.3, 0.4) is 0 Å². The van der Waals surface area contributed by atoms with E-state index in [0.29, 0.717) is 30.4 Å². The molecule has 2 aromatic carbocycles. The maximum absolute atomic E-state index is 12.9. The van der Waals surface area contributed by atoms with Gasteiger partial charge in [-0.25, -0.2) is 0 Å². The van der Waals surface area contributed by atoms with E-state index in [4.69, 9.17) is 0 Å². The number of anilines is 1. The fourth-order valence-electron chi connectivity index (χ4n) is 3.71. The Morgan fingerprint density at radius 1 is 1.14 bits per heavy atom. The maximum atomic E-state index is 12.9. The standard InChI is InChI=1S/C22H26N4O3/c1-16-4-2-3-5-18(16)15-24-10-12-25(13-11-24)22(27)17-6-9-20(23-19-7-8-19)21(14-17)26(28)29/h2-6,9,14,19,23H,7-8,10-13,15H2,1H3. The van der Waals surface area contributed by atoms with E-state index < -0.39 is 4.92 Å². The lowest BCUT2D eigenvalue weighted by atomic mass is 10.1. The quantitative estimate of drug-likeness (QED) is 0.600. The average molecular weight is 394 g/mol. The number of hydrogen-bond donors (Lipinski definition) is 1. The van der Waals surface area contributed by atoms with Gasteiger partial charge in [-0.2, -0.15) is 0 Å². The van der Waals surface area contributed by atoms with Crippen molar-refractivity contribution in [1.29, 1.82) is 0 Å². The fourth-order valence-corrected chi connectivity index (χ4v) is 3.71. The van der Waals surface area contributed by atoms with Gasteiger partial charge in [0, 0.05) is 50.4 Å². The zero-order valence-corrected chi connectivity index (χ0v) is 16.6. The van der Waals surface area contributed by atoms with E-state index in [1.807, 2.05) is 6.07 Å². The highest BCUT2D eigenvalue weighted by atomic mass is 16.6. The van der Waals surface area contributed by atoms with Gasteiger partial charge >= 0.3 is 0 Å². The molecule has 2 aliphatic rings. The van der Waals surface area contributed by atoms with Gasteiger partial charge in [-0.1, -0.05) is 24.3 Å². The highest BCUT2D eigenvalue weighted by molar-refractivity contribution is 5.95. The number of carbonyl (C=O) groups excluding carboxylic acids is 1. The van der Waals surface area contributed by atoms with Crippen LogP contribution in [0.4, 0.5) is 11.4 Å². The summed E-state index contributed by atoms with van der Waals surface area (Å²) in [5.41, 5.74) is 3.43. The van der Waals surface area contributed by atoms with Crippen molar-refractivity contribution in [2.45, 2.75) is 32.4 Å². The SMILES string of the molecule is Cc1ccccc1CN1CCN(C(=O)c2ccc(NC3CC3)c([N+](=O)[O-])c2)CC1. The molecule has 0 aromatic heterocycles. The minimum atomic E-state index is -0.415. The monoisotopic (exact) mass is 394 g/mol. The average Bonchev–Trinajstić information content (AvgIpc) is 3.54. The molecule has 4 rings (SSSR count). The van der Waals surface area contributed by atoms with Gasteiger partial charge in [-0.3, -0.25) is 19.8 Å². The molecule has 2 aromatic rings. The lowest BCUT2D eigenvalue weighted by Gasteiger charge is -2.35. The lowest BCUT2D eigenvalue weighted by molar-refractivity contribution is -0.384. The van der Waals surface area contributed by atoms with Gasteiger partial charge in [0.05, 0.1) is 4.92 Å². The maximum Gasteiger partial charge on any atom is 0.293 e. The van der Waals surface area contributed by atoms with Crippen LogP contribution in [0.1, 0.15) is 34.3 Å². The molecule has 2 fully saturated rings.